The first kappa shape index (κ1) is 13.9. The second-order valence-corrected chi connectivity index (χ2v) is 6.25. The molecule has 0 atom stereocenters. The monoisotopic (exact) mass is 313 g/mol. The summed E-state index contributed by atoms with van der Waals surface area (Å²) in [5.41, 5.74) is 2.97. The summed E-state index contributed by atoms with van der Waals surface area (Å²) in [4.78, 5) is 4.14. The molecule has 0 saturated carbocycles. The zero-order valence-electron chi connectivity index (χ0n) is 12.5. The molecule has 1 heterocycles. The molecule has 0 unspecified atom stereocenters. The summed E-state index contributed by atoms with van der Waals surface area (Å²) in [6, 6.07) is 29.5. The van der Waals surface area contributed by atoms with E-state index in [9.17, 15) is 0 Å². The first-order valence-corrected chi connectivity index (χ1v) is 8.44. The van der Waals surface area contributed by atoms with E-state index in [2.05, 4.69) is 71.7 Å². The van der Waals surface area contributed by atoms with Gasteiger partial charge in [-0.3, -0.25) is 0 Å². The van der Waals surface area contributed by atoms with Crippen molar-refractivity contribution in [3.05, 3.63) is 90.4 Å². The molecule has 0 spiro atoms. The Balaban J connectivity index is 0.000000130. The number of benzene rings is 4. The van der Waals surface area contributed by atoms with Crippen LogP contribution in [0.2, 0.25) is 0 Å². The number of nitrogens with zero attached hydrogens (tertiary/aromatic N) is 1. The molecule has 0 aliphatic heterocycles. The zero-order chi connectivity index (χ0) is 15.5. The minimum Gasteiger partial charge on any atom is -0.245 e. The number of hydrogen-bond acceptors (Lipinski definition) is 2. The van der Waals surface area contributed by atoms with Gasteiger partial charge in [-0.25, -0.2) is 4.98 Å². The van der Waals surface area contributed by atoms with E-state index in [1.54, 1.807) is 11.3 Å². The Kier molecular flexibility index (Phi) is 3.75. The summed E-state index contributed by atoms with van der Waals surface area (Å²) < 4.78 is 1.26. The lowest BCUT2D eigenvalue weighted by Crippen LogP contribution is -1.74. The Hall–Kier alpha value is -2.71. The highest BCUT2D eigenvalue weighted by Gasteiger charge is 1.95. The van der Waals surface area contributed by atoms with Crippen molar-refractivity contribution in [3.8, 4) is 0 Å². The van der Waals surface area contributed by atoms with Gasteiger partial charge in [0.15, 0.2) is 0 Å². The maximum absolute atomic E-state index is 4.14. The van der Waals surface area contributed by atoms with Crippen LogP contribution in [0.1, 0.15) is 0 Å². The highest BCUT2D eigenvalue weighted by Crippen LogP contribution is 2.22. The molecule has 5 rings (SSSR count). The number of aromatic nitrogens is 1. The van der Waals surface area contributed by atoms with Gasteiger partial charge < -0.3 is 0 Å². The van der Waals surface area contributed by atoms with Crippen molar-refractivity contribution in [2.24, 2.45) is 0 Å². The SMILES string of the molecule is c1ccc2cc3ccccc3cc2c1.c1ccc2scnc2c1. The van der Waals surface area contributed by atoms with Gasteiger partial charge in [0.1, 0.15) is 0 Å². The Morgan fingerprint density at radius 3 is 1.57 bits per heavy atom. The average Bonchev–Trinajstić information content (AvgIpc) is 3.09. The average molecular weight is 313 g/mol. The van der Waals surface area contributed by atoms with E-state index in [0.29, 0.717) is 0 Å². The largest absolute Gasteiger partial charge is 0.245 e. The maximum Gasteiger partial charge on any atom is 0.0812 e. The predicted molar refractivity (Wildman–Crippen MR) is 101 cm³/mol. The Bertz CT molecular complexity index is 943. The molecule has 23 heavy (non-hydrogen) atoms. The maximum atomic E-state index is 4.14. The Labute approximate surface area is 138 Å². The topological polar surface area (TPSA) is 12.9 Å². The number of para-hydroxylation sites is 1. The predicted octanol–water partition coefficient (Wildman–Crippen LogP) is 6.29. The van der Waals surface area contributed by atoms with Crippen molar-refractivity contribution in [1.82, 2.24) is 4.98 Å². The molecular weight excluding hydrogens is 298 g/mol. The van der Waals surface area contributed by atoms with E-state index in [1.165, 1.54) is 26.2 Å². The molecule has 0 saturated heterocycles. The van der Waals surface area contributed by atoms with Gasteiger partial charge in [0, 0.05) is 0 Å². The third-order valence-electron chi connectivity index (χ3n) is 3.85. The van der Waals surface area contributed by atoms with Gasteiger partial charge in [-0.15, -0.1) is 11.3 Å². The van der Waals surface area contributed by atoms with Crippen LogP contribution in [0.25, 0.3) is 31.8 Å². The van der Waals surface area contributed by atoms with Gasteiger partial charge >= 0.3 is 0 Å². The summed E-state index contributed by atoms with van der Waals surface area (Å²) in [5.74, 6) is 0. The zero-order valence-corrected chi connectivity index (χ0v) is 13.3. The molecule has 110 valence electrons. The summed E-state index contributed by atoms with van der Waals surface area (Å²) in [6.45, 7) is 0. The van der Waals surface area contributed by atoms with Crippen LogP contribution in [0, 0.1) is 0 Å². The van der Waals surface area contributed by atoms with E-state index in [4.69, 9.17) is 0 Å². The first-order chi connectivity index (χ1) is 11.4. The molecule has 1 nitrogen and oxygen atoms in total. The van der Waals surface area contributed by atoms with Gasteiger partial charge in [-0.2, -0.15) is 0 Å². The molecule has 5 aromatic rings. The van der Waals surface area contributed by atoms with Gasteiger partial charge in [0.05, 0.1) is 15.7 Å². The van der Waals surface area contributed by atoms with Gasteiger partial charge in [0.25, 0.3) is 0 Å². The van der Waals surface area contributed by atoms with Crippen molar-refractivity contribution >= 4 is 43.1 Å². The molecule has 0 amide bonds. The van der Waals surface area contributed by atoms with E-state index in [1.807, 2.05) is 23.7 Å². The van der Waals surface area contributed by atoms with Crippen molar-refractivity contribution in [1.29, 1.82) is 0 Å². The van der Waals surface area contributed by atoms with Crippen LogP contribution in [-0.2, 0) is 0 Å². The second kappa shape index (κ2) is 6.19. The molecule has 0 N–H and O–H groups in total. The quantitative estimate of drug-likeness (QED) is 0.306. The first-order valence-electron chi connectivity index (χ1n) is 7.56. The van der Waals surface area contributed by atoms with Crippen LogP contribution in [-0.4, -0.2) is 4.98 Å². The summed E-state index contributed by atoms with van der Waals surface area (Å²) >= 11 is 1.68. The lowest BCUT2D eigenvalue weighted by molar-refractivity contribution is 1.50. The molecule has 4 aromatic carbocycles. The van der Waals surface area contributed by atoms with Gasteiger partial charge in [-0.05, 0) is 45.8 Å². The van der Waals surface area contributed by atoms with Crippen LogP contribution in [0.5, 0.6) is 0 Å². The van der Waals surface area contributed by atoms with Crippen molar-refractivity contribution in [2.75, 3.05) is 0 Å². The fourth-order valence-corrected chi connectivity index (χ4v) is 3.36. The lowest BCUT2D eigenvalue weighted by atomic mass is 10.0. The van der Waals surface area contributed by atoms with E-state index < -0.39 is 0 Å². The van der Waals surface area contributed by atoms with Crippen molar-refractivity contribution in [3.63, 3.8) is 0 Å². The van der Waals surface area contributed by atoms with E-state index >= 15 is 0 Å². The number of fused-ring (bicyclic) bond motifs is 3. The minimum atomic E-state index is 1.10. The molecule has 0 aliphatic rings. The fraction of sp³-hybridized carbons (Fsp3) is 0. The Morgan fingerprint density at radius 1 is 0.565 bits per heavy atom. The van der Waals surface area contributed by atoms with Crippen LogP contribution in [0.3, 0.4) is 0 Å². The molecular formula is C21H15NS. The summed E-state index contributed by atoms with van der Waals surface area (Å²) in [5, 5.41) is 5.25. The summed E-state index contributed by atoms with van der Waals surface area (Å²) in [7, 11) is 0. The summed E-state index contributed by atoms with van der Waals surface area (Å²) in [6.07, 6.45) is 0. The fourth-order valence-electron chi connectivity index (χ4n) is 2.69. The third kappa shape index (κ3) is 2.94. The molecule has 2 heteroatoms. The second-order valence-electron chi connectivity index (χ2n) is 5.37. The molecule has 0 aliphatic carbocycles. The number of hydrogen-bond donors (Lipinski definition) is 0. The number of rotatable bonds is 0. The highest BCUT2D eigenvalue weighted by atomic mass is 32.1. The van der Waals surface area contributed by atoms with Crippen LogP contribution < -0.4 is 0 Å². The normalized spacial score (nSPS) is 10.6. The van der Waals surface area contributed by atoms with Crippen LogP contribution >= 0.6 is 11.3 Å². The molecule has 0 radical (unpaired) electrons. The third-order valence-corrected chi connectivity index (χ3v) is 4.66. The Morgan fingerprint density at radius 2 is 1.04 bits per heavy atom. The molecule has 0 bridgehead atoms. The van der Waals surface area contributed by atoms with Crippen molar-refractivity contribution < 1.29 is 0 Å². The minimum absolute atomic E-state index is 1.10. The van der Waals surface area contributed by atoms with Crippen LogP contribution in [0.4, 0.5) is 0 Å². The smallest absolute Gasteiger partial charge is 0.0812 e. The highest BCUT2D eigenvalue weighted by molar-refractivity contribution is 7.16. The number of thiazole rings is 1. The van der Waals surface area contributed by atoms with E-state index in [-0.39, 0.29) is 0 Å². The molecule has 0 fully saturated rings. The van der Waals surface area contributed by atoms with Gasteiger partial charge in [-0.1, -0.05) is 60.7 Å². The van der Waals surface area contributed by atoms with Crippen LogP contribution in [0.15, 0.2) is 90.4 Å². The van der Waals surface area contributed by atoms with Gasteiger partial charge in [0.2, 0.25) is 0 Å². The lowest BCUT2D eigenvalue weighted by Gasteiger charge is -2.00. The van der Waals surface area contributed by atoms with E-state index in [0.717, 1.165) is 5.52 Å². The molecule has 1 aromatic heterocycles. The standard InChI is InChI=1S/C14H10.C7H5NS/c1-2-6-12-10-14-8-4-3-7-13(14)9-11(12)5-1;1-2-4-7-6(3-1)8-5-9-7/h1-10H;1-5H. The van der Waals surface area contributed by atoms with Crippen molar-refractivity contribution in [2.45, 2.75) is 0 Å².